The summed E-state index contributed by atoms with van der Waals surface area (Å²) in [5, 5.41) is 2.08. The van der Waals surface area contributed by atoms with Gasteiger partial charge in [-0.25, -0.2) is 0 Å². The molecule has 0 unspecified atom stereocenters. The van der Waals surface area contributed by atoms with Crippen LogP contribution in [-0.2, 0) is 9.31 Å². The van der Waals surface area contributed by atoms with Gasteiger partial charge in [0.2, 0.25) is 0 Å². The number of ketones is 1. The van der Waals surface area contributed by atoms with Crippen molar-refractivity contribution in [2.75, 3.05) is 13.2 Å². The van der Waals surface area contributed by atoms with E-state index in [2.05, 4.69) is 9.97 Å². The molecule has 0 radical (unpaired) electrons. The third-order valence-corrected chi connectivity index (χ3v) is 4.34. The number of hydrogen-bond acceptors (Lipinski definition) is 5. The van der Waals surface area contributed by atoms with E-state index < -0.39 is 0 Å². The Labute approximate surface area is 146 Å². The molecule has 4 rings (SSSR count). The summed E-state index contributed by atoms with van der Waals surface area (Å²) in [7, 11) is -0.322. The number of benzene rings is 1. The number of carbonyl (C=O) groups is 1. The maximum Gasteiger partial charge on any atom is 0.494 e. The van der Waals surface area contributed by atoms with Crippen LogP contribution in [0.5, 0.6) is 0 Å². The Morgan fingerprint density at radius 3 is 2.68 bits per heavy atom. The van der Waals surface area contributed by atoms with Gasteiger partial charge in [-0.15, -0.1) is 0 Å². The molecule has 0 amide bonds. The SMILES string of the molecule is CCC(=O)c1ccc(-c2cc3cccc(B4OCCO4)c3cn2)cn1. The van der Waals surface area contributed by atoms with E-state index in [-0.39, 0.29) is 12.9 Å². The molecule has 5 nitrogen and oxygen atoms in total. The third-order valence-electron chi connectivity index (χ3n) is 4.34. The van der Waals surface area contributed by atoms with E-state index in [1.165, 1.54) is 0 Å². The first-order valence-corrected chi connectivity index (χ1v) is 8.38. The van der Waals surface area contributed by atoms with E-state index in [0.29, 0.717) is 25.3 Å². The molecule has 25 heavy (non-hydrogen) atoms. The maximum atomic E-state index is 11.7. The lowest BCUT2D eigenvalue weighted by atomic mass is 9.77. The molecule has 1 aromatic carbocycles. The Bertz CT molecular complexity index is 922. The van der Waals surface area contributed by atoms with Gasteiger partial charge in [0.05, 0.1) is 18.9 Å². The zero-order chi connectivity index (χ0) is 17.2. The molecule has 2 aromatic heterocycles. The van der Waals surface area contributed by atoms with Crippen LogP contribution in [0.2, 0.25) is 0 Å². The summed E-state index contributed by atoms with van der Waals surface area (Å²) in [5.41, 5.74) is 3.19. The highest BCUT2D eigenvalue weighted by Crippen LogP contribution is 2.22. The number of fused-ring (bicyclic) bond motifs is 1. The molecule has 6 heteroatoms. The Balaban J connectivity index is 1.70. The van der Waals surface area contributed by atoms with Gasteiger partial charge in [0.1, 0.15) is 5.69 Å². The van der Waals surface area contributed by atoms with Gasteiger partial charge in [-0.3, -0.25) is 14.8 Å². The van der Waals surface area contributed by atoms with Crippen molar-refractivity contribution in [3.63, 3.8) is 0 Å². The van der Waals surface area contributed by atoms with Crippen LogP contribution in [0.3, 0.4) is 0 Å². The van der Waals surface area contributed by atoms with Crippen molar-refractivity contribution in [2.45, 2.75) is 13.3 Å². The minimum atomic E-state index is -0.322. The van der Waals surface area contributed by atoms with Crippen LogP contribution >= 0.6 is 0 Å². The fraction of sp³-hybridized carbons (Fsp3) is 0.211. The molecule has 3 heterocycles. The van der Waals surface area contributed by atoms with Gasteiger partial charge in [0, 0.05) is 24.4 Å². The van der Waals surface area contributed by atoms with Crippen LogP contribution in [0.4, 0.5) is 0 Å². The van der Waals surface area contributed by atoms with Gasteiger partial charge < -0.3 is 9.31 Å². The molecule has 0 spiro atoms. The van der Waals surface area contributed by atoms with Gasteiger partial charge in [-0.05, 0) is 34.4 Å². The number of carbonyl (C=O) groups excluding carboxylic acids is 1. The van der Waals surface area contributed by atoms with Crippen LogP contribution in [0.1, 0.15) is 23.8 Å². The van der Waals surface area contributed by atoms with Crippen molar-refractivity contribution in [2.24, 2.45) is 0 Å². The number of hydrogen-bond donors (Lipinski definition) is 0. The monoisotopic (exact) mass is 332 g/mol. The summed E-state index contributed by atoms with van der Waals surface area (Å²) in [6.07, 6.45) is 3.99. The maximum absolute atomic E-state index is 11.7. The first kappa shape index (κ1) is 15.9. The zero-order valence-electron chi connectivity index (χ0n) is 13.9. The fourth-order valence-electron chi connectivity index (χ4n) is 2.99. The second-order valence-electron chi connectivity index (χ2n) is 5.92. The minimum absolute atomic E-state index is 0.0410. The molecule has 0 N–H and O–H groups in total. The Kier molecular flexibility index (Phi) is 4.30. The van der Waals surface area contributed by atoms with Gasteiger partial charge >= 0.3 is 7.12 Å². The number of Topliss-reactive ketones (excluding diaryl/α,β-unsaturated/α-hetero) is 1. The van der Waals surface area contributed by atoms with Crippen LogP contribution in [0.25, 0.3) is 22.0 Å². The van der Waals surface area contributed by atoms with Crippen LogP contribution < -0.4 is 5.46 Å². The molecule has 124 valence electrons. The lowest BCUT2D eigenvalue weighted by Gasteiger charge is -2.09. The molecular formula is C19H17BN2O3. The van der Waals surface area contributed by atoms with Crippen molar-refractivity contribution < 1.29 is 14.1 Å². The predicted octanol–water partition coefficient (Wildman–Crippen LogP) is 2.63. The van der Waals surface area contributed by atoms with E-state index >= 15 is 0 Å². The van der Waals surface area contributed by atoms with E-state index in [9.17, 15) is 4.79 Å². The van der Waals surface area contributed by atoms with Crippen molar-refractivity contribution in [3.05, 3.63) is 54.5 Å². The van der Waals surface area contributed by atoms with E-state index in [4.69, 9.17) is 9.31 Å². The van der Waals surface area contributed by atoms with E-state index in [0.717, 1.165) is 27.5 Å². The number of rotatable bonds is 4. The molecule has 1 aliphatic rings. The lowest BCUT2D eigenvalue weighted by Crippen LogP contribution is -2.32. The molecule has 0 bridgehead atoms. The average Bonchev–Trinajstić information content (AvgIpc) is 3.21. The smallest absolute Gasteiger partial charge is 0.405 e. The van der Waals surface area contributed by atoms with Crippen molar-refractivity contribution in [1.29, 1.82) is 0 Å². The van der Waals surface area contributed by atoms with Crippen LogP contribution in [0, 0.1) is 0 Å². The third kappa shape index (κ3) is 3.06. The van der Waals surface area contributed by atoms with Gasteiger partial charge in [0.15, 0.2) is 5.78 Å². The van der Waals surface area contributed by atoms with Crippen molar-refractivity contribution in [1.82, 2.24) is 9.97 Å². The first-order chi connectivity index (χ1) is 12.3. The predicted molar refractivity (Wildman–Crippen MR) is 96.9 cm³/mol. The van der Waals surface area contributed by atoms with Crippen molar-refractivity contribution in [3.8, 4) is 11.3 Å². The second-order valence-corrected chi connectivity index (χ2v) is 5.92. The average molecular weight is 332 g/mol. The fourth-order valence-corrected chi connectivity index (χ4v) is 2.99. The highest BCUT2D eigenvalue weighted by molar-refractivity contribution is 6.64. The normalized spacial score (nSPS) is 14.2. The summed E-state index contributed by atoms with van der Waals surface area (Å²) in [6, 6.07) is 11.7. The summed E-state index contributed by atoms with van der Waals surface area (Å²) in [4.78, 5) is 20.5. The summed E-state index contributed by atoms with van der Waals surface area (Å²) in [5.74, 6) is 0.0410. The molecule has 1 fully saturated rings. The zero-order valence-corrected chi connectivity index (χ0v) is 13.9. The van der Waals surface area contributed by atoms with E-state index in [1.807, 2.05) is 43.5 Å². The summed E-state index contributed by atoms with van der Waals surface area (Å²) < 4.78 is 11.2. The molecule has 0 aliphatic carbocycles. The molecule has 0 atom stereocenters. The molecule has 1 aliphatic heterocycles. The van der Waals surface area contributed by atoms with Crippen LogP contribution in [0.15, 0.2) is 48.8 Å². The molecular weight excluding hydrogens is 315 g/mol. The van der Waals surface area contributed by atoms with Gasteiger partial charge in [-0.2, -0.15) is 0 Å². The topological polar surface area (TPSA) is 61.3 Å². The van der Waals surface area contributed by atoms with Crippen molar-refractivity contribution >= 4 is 29.1 Å². The quantitative estimate of drug-likeness (QED) is 0.543. The van der Waals surface area contributed by atoms with Gasteiger partial charge in [-0.1, -0.05) is 25.1 Å². The van der Waals surface area contributed by atoms with Gasteiger partial charge in [0.25, 0.3) is 0 Å². The second kappa shape index (κ2) is 6.74. The standard InChI is InChI=1S/C19H17BN2O3/c1-2-19(23)17-7-6-14(11-21-17)18-10-13-4-3-5-16(15(13)12-22-18)20-24-8-9-25-20/h3-7,10-12H,2,8-9H2,1H3. The van der Waals surface area contributed by atoms with Crippen LogP contribution in [-0.4, -0.2) is 36.1 Å². The molecule has 0 saturated carbocycles. The highest BCUT2D eigenvalue weighted by atomic mass is 16.6. The Hall–Kier alpha value is -2.57. The minimum Gasteiger partial charge on any atom is -0.405 e. The Morgan fingerprint density at radius 2 is 1.96 bits per heavy atom. The largest absolute Gasteiger partial charge is 0.494 e. The summed E-state index contributed by atoms with van der Waals surface area (Å²) in [6.45, 7) is 3.06. The lowest BCUT2D eigenvalue weighted by molar-refractivity contribution is 0.0983. The first-order valence-electron chi connectivity index (χ1n) is 8.38. The number of aromatic nitrogens is 2. The summed E-state index contributed by atoms with van der Waals surface area (Å²) >= 11 is 0. The Morgan fingerprint density at radius 1 is 1.12 bits per heavy atom. The molecule has 3 aromatic rings. The molecule has 1 saturated heterocycles. The number of nitrogens with zero attached hydrogens (tertiary/aromatic N) is 2. The van der Waals surface area contributed by atoms with E-state index in [1.54, 1.807) is 12.3 Å². The number of pyridine rings is 2. The highest BCUT2D eigenvalue weighted by Gasteiger charge is 2.27.